The fourth-order valence-corrected chi connectivity index (χ4v) is 3.13. The van der Waals surface area contributed by atoms with Crippen molar-refractivity contribution in [1.29, 1.82) is 0 Å². The summed E-state index contributed by atoms with van der Waals surface area (Å²) in [5.74, 6) is -0.538. The van der Waals surface area contributed by atoms with Crippen molar-refractivity contribution in [3.8, 4) is 0 Å². The van der Waals surface area contributed by atoms with Gasteiger partial charge >= 0.3 is 0 Å². The van der Waals surface area contributed by atoms with Gasteiger partial charge in [-0.05, 0) is 58.5 Å². The first-order valence-electron chi connectivity index (χ1n) is 9.31. The van der Waals surface area contributed by atoms with E-state index in [1.807, 2.05) is 0 Å². The van der Waals surface area contributed by atoms with Crippen molar-refractivity contribution >= 4 is 46.5 Å². The molecule has 2 heterocycles. The van der Waals surface area contributed by atoms with Crippen molar-refractivity contribution in [3.05, 3.63) is 93.9 Å². The van der Waals surface area contributed by atoms with Crippen molar-refractivity contribution in [1.82, 2.24) is 25.2 Å². The zero-order valence-corrected chi connectivity index (χ0v) is 17.9. The van der Waals surface area contributed by atoms with Crippen LogP contribution in [0.1, 0.15) is 26.3 Å². The Morgan fingerprint density at radius 3 is 2.38 bits per heavy atom. The molecule has 0 radical (unpaired) electrons. The van der Waals surface area contributed by atoms with Gasteiger partial charge in [-0.2, -0.15) is 0 Å². The molecular formula is C21H15Cl2N7O2. The van der Waals surface area contributed by atoms with Crippen LogP contribution in [0, 0.1) is 0 Å². The number of aromatic nitrogens is 5. The Bertz CT molecular complexity index is 1240. The van der Waals surface area contributed by atoms with E-state index in [0.717, 1.165) is 5.56 Å². The number of rotatable bonds is 6. The Labute approximate surface area is 192 Å². The highest BCUT2D eigenvalue weighted by Gasteiger charge is 2.16. The Morgan fingerprint density at radius 2 is 1.69 bits per heavy atom. The Morgan fingerprint density at radius 1 is 0.906 bits per heavy atom. The van der Waals surface area contributed by atoms with Crippen LogP contribution in [-0.4, -0.2) is 37.0 Å². The molecule has 2 amide bonds. The van der Waals surface area contributed by atoms with Crippen molar-refractivity contribution in [2.24, 2.45) is 0 Å². The Hall–Kier alpha value is -3.82. The predicted octanol–water partition coefficient (Wildman–Crippen LogP) is 3.93. The number of benzene rings is 2. The maximum absolute atomic E-state index is 12.8. The van der Waals surface area contributed by atoms with Gasteiger partial charge in [0.05, 0.1) is 22.8 Å². The van der Waals surface area contributed by atoms with Crippen LogP contribution in [0.15, 0.2) is 67.1 Å². The first-order chi connectivity index (χ1) is 15.5. The van der Waals surface area contributed by atoms with Gasteiger partial charge in [0.2, 0.25) is 0 Å². The number of hydrogen-bond donors (Lipinski definition) is 2. The molecule has 0 saturated heterocycles. The fourth-order valence-electron chi connectivity index (χ4n) is 2.84. The molecule has 0 unspecified atom stereocenters. The SMILES string of the molecule is O=C(Nc1ccc(Cl)cc1C(=O)Nc1ccc(Cl)cn1)c1ccc(Cn2cnnn2)cc1. The van der Waals surface area contributed by atoms with Gasteiger partial charge in [-0.1, -0.05) is 35.3 Å². The summed E-state index contributed by atoms with van der Waals surface area (Å²) >= 11 is 11.9. The summed E-state index contributed by atoms with van der Waals surface area (Å²) in [5.41, 5.74) is 1.85. The average Bonchev–Trinajstić information content (AvgIpc) is 3.30. The summed E-state index contributed by atoms with van der Waals surface area (Å²) in [5, 5.41) is 17.2. The molecule has 0 spiro atoms. The van der Waals surface area contributed by atoms with Gasteiger partial charge in [-0.15, -0.1) is 5.10 Å². The number of tetrazole rings is 1. The van der Waals surface area contributed by atoms with Gasteiger partial charge in [0, 0.05) is 16.8 Å². The quantitative estimate of drug-likeness (QED) is 0.443. The van der Waals surface area contributed by atoms with E-state index < -0.39 is 5.91 Å². The molecule has 2 aromatic carbocycles. The molecule has 4 aromatic rings. The maximum atomic E-state index is 12.8. The number of nitrogens with one attached hydrogen (secondary N) is 2. The van der Waals surface area contributed by atoms with Crippen LogP contribution in [0.2, 0.25) is 10.0 Å². The van der Waals surface area contributed by atoms with Crippen molar-refractivity contribution in [2.75, 3.05) is 10.6 Å². The number of carbonyl (C=O) groups excluding carboxylic acids is 2. The minimum atomic E-state index is -0.477. The number of carbonyl (C=O) groups is 2. The van der Waals surface area contributed by atoms with Crippen LogP contribution in [0.5, 0.6) is 0 Å². The highest BCUT2D eigenvalue weighted by Crippen LogP contribution is 2.23. The van der Waals surface area contributed by atoms with Crippen LogP contribution in [0.4, 0.5) is 11.5 Å². The van der Waals surface area contributed by atoms with Gasteiger partial charge in [0.1, 0.15) is 12.1 Å². The number of nitrogens with zero attached hydrogens (tertiary/aromatic N) is 5. The van der Waals surface area contributed by atoms with Crippen molar-refractivity contribution in [2.45, 2.75) is 6.54 Å². The van der Waals surface area contributed by atoms with Crippen LogP contribution < -0.4 is 10.6 Å². The van der Waals surface area contributed by atoms with Crippen LogP contribution in [-0.2, 0) is 6.54 Å². The van der Waals surface area contributed by atoms with Crippen molar-refractivity contribution in [3.63, 3.8) is 0 Å². The molecule has 0 saturated carbocycles. The first kappa shape index (κ1) is 21.4. The van der Waals surface area contributed by atoms with E-state index in [0.29, 0.717) is 33.7 Å². The van der Waals surface area contributed by atoms with E-state index in [2.05, 4.69) is 31.1 Å². The van der Waals surface area contributed by atoms with Crippen LogP contribution in [0.3, 0.4) is 0 Å². The first-order valence-corrected chi connectivity index (χ1v) is 10.1. The zero-order chi connectivity index (χ0) is 22.5. The van der Waals surface area contributed by atoms with Gasteiger partial charge in [0.15, 0.2) is 0 Å². The molecule has 0 fully saturated rings. The normalized spacial score (nSPS) is 10.6. The second-order valence-corrected chi connectivity index (χ2v) is 7.54. The highest BCUT2D eigenvalue weighted by molar-refractivity contribution is 6.31. The summed E-state index contributed by atoms with van der Waals surface area (Å²) in [6, 6.07) is 14.8. The maximum Gasteiger partial charge on any atom is 0.258 e. The van der Waals surface area contributed by atoms with E-state index in [4.69, 9.17) is 23.2 Å². The van der Waals surface area contributed by atoms with Gasteiger partial charge in [-0.25, -0.2) is 9.67 Å². The van der Waals surface area contributed by atoms with Crippen molar-refractivity contribution < 1.29 is 9.59 Å². The lowest BCUT2D eigenvalue weighted by molar-refractivity contribution is 0.102. The van der Waals surface area contributed by atoms with Crippen LogP contribution in [0.25, 0.3) is 0 Å². The van der Waals surface area contributed by atoms with E-state index >= 15 is 0 Å². The number of hydrogen-bond acceptors (Lipinski definition) is 6. The number of halogens is 2. The van der Waals surface area contributed by atoms with E-state index in [1.54, 1.807) is 53.2 Å². The second-order valence-electron chi connectivity index (χ2n) is 6.66. The molecule has 0 atom stereocenters. The Balaban J connectivity index is 1.49. The third-order valence-corrected chi connectivity index (χ3v) is 4.85. The minimum Gasteiger partial charge on any atom is -0.321 e. The van der Waals surface area contributed by atoms with Gasteiger partial charge in [0.25, 0.3) is 11.8 Å². The molecule has 160 valence electrons. The Kier molecular flexibility index (Phi) is 6.39. The molecule has 9 nitrogen and oxygen atoms in total. The monoisotopic (exact) mass is 467 g/mol. The zero-order valence-electron chi connectivity index (χ0n) is 16.4. The third kappa shape index (κ3) is 5.26. The molecule has 2 N–H and O–H groups in total. The standard InChI is InChI=1S/C21H15Cl2N7O2/c22-15-5-7-18(17(9-15)21(32)27-19-8-6-16(23)10-24-19)26-20(31)14-3-1-13(2-4-14)11-30-12-25-28-29-30/h1-10,12H,11H2,(H,26,31)(H,24,27,32). The third-order valence-electron chi connectivity index (χ3n) is 4.40. The number of pyridine rings is 1. The van der Waals surface area contributed by atoms with E-state index in [9.17, 15) is 9.59 Å². The summed E-state index contributed by atoms with van der Waals surface area (Å²) < 4.78 is 1.57. The topological polar surface area (TPSA) is 115 Å². The van der Waals surface area contributed by atoms with E-state index in [-0.39, 0.29) is 11.5 Å². The summed E-state index contributed by atoms with van der Waals surface area (Å²) in [6.45, 7) is 0.481. The predicted molar refractivity (Wildman–Crippen MR) is 120 cm³/mol. The number of anilines is 2. The summed E-state index contributed by atoms with van der Waals surface area (Å²) in [7, 11) is 0. The summed E-state index contributed by atoms with van der Waals surface area (Å²) in [4.78, 5) is 29.6. The molecule has 32 heavy (non-hydrogen) atoms. The smallest absolute Gasteiger partial charge is 0.258 e. The van der Waals surface area contributed by atoms with E-state index in [1.165, 1.54) is 18.6 Å². The minimum absolute atomic E-state index is 0.193. The molecule has 2 aromatic heterocycles. The molecular weight excluding hydrogens is 453 g/mol. The fraction of sp³-hybridized carbons (Fsp3) is 0.0476. The highest BCUT2D eigenvalue weighted by atomic mass is 35.5. The molecule has 0 aliphatic carbocycles. The van der Waals surface area contributed by atoms with Gasteiger partial charge < -0.3 is 10.6 Å². The van der Waals surface area contributed by atoms with Gasteiger partial charge in [-0.3, -0.25) is 9.59 Å². The molecule has 0 bridgehead atoms. The lowest BCUT2D eigenvalue weighted by Crippen LogP contribution is -2.18. The largest absolute Gasteiger partial charge is 0.321 e. The average molecular weight is 468 g/mol. The molecule has 4 rings (SSSR count). The number of amides is 2. The molecule has 0 aliphatic heterocycles. The second kappa shape index (κ2) is 9.54. The lowest BCUT2D eigenvalue weighted by Gasteiger charge is -2.12. The lowest BCUT2D eigenvalue weighted by atomic mass is 10.1. The molecule has 0 aliphatic rings. The molecule has 11 heteroatoms. The summed E-state index contributed by atoms with van der Waals surface area (Å²) in [6.07, 6.45) is 2.92. The van der Waals surface area contributed by atoms with Crippen LogP contribution >= 0.6 is 23.2 Å².